The number of fused-ring (bicyclic) bond motifs is 1. The quantitative estimate of drug-likeness (QED) is 0.672. The van der Waals surface area contributed by atoms with Crippen molar-refractivity contribution in [3.05, 3.63) is 5.82 Å². The van der Waals surface area contributed by atoms with E-state index in [-0.39, 0.29) is 0 Å². The largest absolute Gasteiger partial charge is 0.330 e. The summed E-state index contributed by atoms with van der Waals surface area (Å²) in [5.41, 5.74) is 5.43. The smallest absolute Gasteiger partial charge is 0.191 e. The van der Waals surface area contributed by atoms with Crippen LogP contribution in [0.1, 0.15) is 5.82 Å². The van der Waals surface area contributed by atoms with E-state index in [4.69, 9.17) is 5.73 Å². The summed E-state index contributed by atoms with van der Waals surface area (Å²) >= 11 is 1.76. The van der Waals surface area contributed by atoms with Crippen molar-refractivity contribution in [2.45, 2.75) is 18.1 Å². The number of nitrogens with zero attached hydrogens (tertiary/aromatic N) is 3. The molecule has 2 rings (SSSR count). The van der Waals surface area contributed by atoms with E-state index >= 15 is 0 Å². The average Bonchev–Trinajstić information content (AvgIpc) is 2.53. The van der Waals surface area contributed by atoms with E-state index in [0.717, 1.165) is 29.7 Å². The van der Waals surface area contributed by atoms with Crippen LogP contribution >= 0.6 is 11.8 Å². The molecule has 5 heteroatoms. The average molecular weight is 170 g/mol. The van der Waals surface area contributed by atoms with Crippen LogP contribution in [-0.4, -0.2) is 27.1 Å². The van der Waals surface area contributed by atoms with Crippen LogP contribution in [0, 0.1) is 0 Å². The summed E-state index contributed by atoms with van der Waals surface area (Å²) < 4.78 is 2.15. The van der Waals surface area contributed by atoms with Gasteiger partial charge in [-0.25, -0.2) is 0 Å². The predicted molar refractivity (Wildman–Crippen MR) is 43.5 cm³/mol. The third-order valence-corrected chi connectivity index (χ3v) is 2.65. The summed E-state index contributed by atoms with van der Waals surface area (Å²) in [6.07, 6.45) is 0.841. The fourth-order valence-corrected chi connectivity index (χ4v) is 2.10. The van der Waals surface area contributed by atoms with Gasteiger partial charge in [0.2, 0.25) is 0 Å². The van der Waals surface area contributed by atoms with E-state index < -0.39 is 0 Å². The summed E-state index contributed by atoms with van der Waals surface area (Å²) in [5, 5.41) is 9.12. The monoisotopic (exact) mass is 170 g/mol. The number of hydrogen-bond donors (Lipinski definition) is 1. The van der Waals surface area contributed by atoms with Gasteiger partial charge in [0.05, 0.1) is 0 Å². The molecule has 0 spiro atoms. The second-order valence-corrected chi connectivity index (χ2v) is 3.50. The molecule has 1 aromatic rings. The van der Waals surface area contributed by atoms with Crippen molar-refractivity contribution >= 4 is 11.8 Å². The summed E-state index contributed by atoms with van der Waals surface area (Å²) in [6, 6.07) is 0. The van der Waals surface area contributed by atoms with E-state index in [9.17, 15) is 0 Å². The molecule has 2 N–H and O–H groups in total. The molecule has 1 aromatic heterocycles. The van der Waals surface area contributed by atoms with E-state index in [1.54, 1.807) is 11.8 Å². The molecule has 0 fully saturated rings. The molecule has 60 valence electrons. The SMILES string of the molecule is NCCc1nnc2n1CCS2. The second-order valence-electron chi connectivity index (χ2n) is 2.44. The number of rotatable bonds is 2. The fourth-order valence-electron chi connectivity index (χ4n) is 1.19. The third kappa shape index (κ3) is 1.14. The van der Waals surface area contributed by atoms with Crippen molar-refractivity contribution in [2.75, 3.05) is 12.3 Å². The molecule has 0 saturated heterocycles. The Morgan fingerprint density at radius 2 is 2.45 bits per heavy atom. The first-order chi connectivity index (χ1) is 5.42. The highest BCUT2D eigenvalue weighted by atomic mass is 32.2. The molecule has 4 nitrogen and oxygen atoms in total. The zero-order valence-corrected chi connectivity index (χ0v) is 6.97. The second kappa shape index (κ2) is 2.83. The Hall–Kier alpha value is -0.550. The fraction of sp³-hybridized carbons (Fsp3) is 0.667. The van der Waals surface area contributed by atoms with Crippen molar-refractivity contribution in [2.24, 2.45) is 5.73 Å². The van der Waals surface area contributed by atoms with Crippen molar-refractivity contribution in [1.82, 2.24) is 14.8 Å². The maximum atomic E-state index is 5.43. The van der Waals surface area contributed by atoms with Gasteiger partial charge in [-0.1, -0.05) is 11.8 Å². The van der Waals surface area contributed by atoms with E-state index in [1.165, 1.54) is 0 Å². The molecule has 2 heterocycles. The minimum atomic E-state index is 0.656. The zero-order chi connectivity index (χ0) is 7.68. The van der Waals surface area contributed by atoms with Crippen LogP contribution in [0.5, 0.6) is 0 Å². The number of hydrogen-bond acceptors (Lipinski definition) is 4. The van der Waals surface area contributed by atoms with Gasteiger partial charge in [-0.15, -0.1) is 10.2 Å². The van der Waals surface area contributed by atoms with Crippen LogP contribution in [0.4, 0.5) is 0 Å². The van der Waals surface area contributed by atoms with E-state index in [2.05, 4.69) is 14.8 Å². The molecule has 0 amide bonds. The summed E-state index contributed by atoms with van der Waals surface area (Å²) in [7, 11) is 0. The van der Waals surface area contributed by atoms with Gasteiger partial charge >= 0.3 is 0 Å². The Morgan fingerprint density at radius 1 is 1.55 bits per heavy atom. The molecule has 0 bridgehead atoms. The summed E-state index contributed by atoms with van der Waals surface area (Å²) in [4.78, 5) is 0. The van der Waals surface area contributed by atoms with Crippen LogP contribution in [0.2, 0.25) is 0 Å². The highest BCUT2D eigenvalue weighted by Crippen LogP contribution is 2.23. The number of thioether (sulfide) groups is 1. The van der Waals surface area contributed by atoms with Gasteiger partial charge < -0.3 is 10.3 Å². The molecular weight excluding hydrogens is 160 g/mol. The summed E-state index contributed by atoms with van der Waals surface area (Å²) in [5.74, 6) is 2.16. The van der Waals surface area contributed by atoms with Gasteiger partial charge in [-0.05, 0) is 6.54 Å². The highest BCUT2D eigenvalue weighted by Gasteiger charge is 2.16. The van der Waals surface area contributed by atoms with Gasteiger partial charge in [-0.3, -0.25) is 0 Å². The van der Waals surface area contributed by atoms with E-state index in [1.807, 2.05) is 0 Å². The third-order valence-electron chi connectivity index (χ3n) is 1.71. The Kier molecular flexibility index (Phi) is 1.83. The van der Waals surface area contributed by atoms with Crippen molar-refractivity contribution in [1.29, 1.82) is 0 Å². The lowest BCUT2D eigenvalue weighted by molar-refractivity contribution is 0.669. The van der Waals surface area contributed by atoms with Crippen LogP contribution in [0.3, 0.4) is 0 Å². The Balaban J connectivity index is 2.27. The van der Waals surface area contributed by atoms with Crippen molar-refractivity contribution in [3.63, 3.8) is 0 Å². The van der Waals surface area contributed by atoms with Crippen LogP contribution < -0.4 is 5.73 Å². The molecule has 0 unspecified atom stereocenters. The maximum absolute atomic E-state index is 5.43. The lowest BCUT2D eigenvalue weighted by Gasteiger charge is -1.97. The topological polar surface area (TPSA) is 56.7 Å². The first kappa shape index (κ1) is 7.12. The molecule has 0 aliphatic carbocycles. The molecule has 11 heavy (non-hydrogen) atoms. The lowest BCUT2D eigenvalue weighted by atomic mass is 10.4. The molecule has 0 radical (unpaired) electrons. The standard InChI is InChI=1S/C6H10N4S/c7-2-1-5-8-9-6-10(5)3-4-11-6/h1-4,7H2. The van der Waals surface area contributed by atoms with Crippen LogP contribution in [0.25, 0.3) is 0 Å². The Labute approximate surface area is 69.2 Å². The first-order valence-corrected chi connectivity index (χ1v) is 4.65. The Morgan fingerprint density at radius 3 is 3.27 bits per heavy atom. The molecule has 0 atom stereocenters. The molecular formula is C6H10N4S. The van der Waals surface area contributed by atoms with Crippen LogP contribution in [0.15, 0.2) is 5.16 Å². The van der Waals surface area contributed by atoms with E-state index in [0.29, 0.717) is 6.54 Å². The zero-order valence-electron chi connectivity index (χ0n) is 6.16. The minimum Gasteiger partial charge on any atom is -0.330 e. The molecule has 1 aliphatic heterocycles. The summed E-state index contributed by atoms with van der Waals surface area (Å²) in [6.45, 7) is 1.70. The number of nitrogens with two attached hydrogens (primary N) is 1. The van der Waals surface area contributed by atoms with Gasteiger partial charge in [0.15, 0.2) is 5.16 Å². The van der Waals surface area contributed by atoms with Gasteiger partial charge in [0, 0.05) is 18.7 Å². The van der Waals surface area contributed by atoms with Gasteiger partial charge in [0.1, 0.15) is 5.82 Å². The minimum absolute atomic E-state index is 0.656. The molecule has 1 aliphatic rings. The first-order valence-electron chi connectivity index (χ1n) is 3.67. The normalized spacial score (nSPS) is 15.4. The number of aromatic nitrogens is 3. The Bertz CT molecular complexity index is 257. The predicted octanol–water partition coefficient (Wildman–Crippen LogP) is -0.115. The van der Waals surface area contributed by atoms with Gasteiger partial charge in [0.25, 0.3) is 0 Å². The van der Waals surface area contributed by atoms with Crippen molar-refractivity contribution in [3.8, 4) is 0 Å². The molecule has 0 saturated carbocycles. The van der Waals surface area contributed by atoms with Crippen molar-refractivity contribution < 1.29 is 0 Å². The molecule has 0 aromatic carbocycles. The maximum Gasteiger partial charge on any atom is 0.191 e. The lowest BCUT2D eigenvalue weighted by Crippen LogP contribution is -2.09. The van der Waals surface area contributed by atoms with Crippen LogP contribution in [-0.2, 0) is 13.0 Å². The highest BCUT2D eigenvalue weighted by molar-refractivity contribution is 7.99. The van der Waals surface area contributed by atoms with Gasteiger partial charge in [-0.2, -0.15) is 0 Å².